The van der Waals surface area contributed by atoms with Crippen molar-refractivity contribution >= 4 is 5.91 Å². The van der Waals surface area contributed by atoms with Crippen LogP contribution in [0.15, 0.2) is 24.3 Å². The van der Waals surface area contributed by atoms with Gasteiger partial charge in [-0.1, -0.05) is 12.1 Å². The van der Waals surface area contributed by atoms with Crippen LogP contribution < -0.4 is 5.32 Å². The molecule has 1 aromatic rings. The molecule has 1 N–H and O–H groups in total. The number of hydrogen-bond acceptors (Lipinski definition) is 3. The summed E-state index contributed by atoms with van der Waals surface area (Å²) < 4.78 is 17.8. The summed E-state index contributed by atoms with van der Waals surface area (Å²) in [7, 11) is 1.63. The van der Waals surface area contributed by atoms with E-state index < -0.39 is 0 Å². The normalized spacial score (nSPS) is 14.3. The van der Waals surface area contributed by atoms with Gasteiger partial charge in [-0.05, 0) is 30.5 Å². The van der Waals surface area contributed by atoms with Crippen molar-refractivity contribution in [2.75, 3.05) is 26.8 Å². The van der Waals surface area contributed by atoms with Crippen LogP contribution in [-0.4, -0.2) is 43.7 Å². The van der Waals surface area contributed by atoms with Crippen LogP contribution in [0.4, 0.5) is 4.39 Å². The van der Waals surface area contributed by atoms with Gasteiger partial charge in [-0.3, -0.25) is 4.79 Å². The molecule has 20 heavy (non-hydrogen) atoms. The quantitative estimate of drug-likeness (QED) is 0.735. The van der Waals surface area contributed by atoms with Crippen molar-refractivity contribution in [3.05, 3.63) is 35.6 Å². The first kappa shape index (κ1) is 14.9. The lowest BCUT2D eigenvalue weighted by atomic mass is 10.2. The Morgan fingerprint density at radius 2 is 2.10 bits per heavy atom. The molecule has 0 spiro atoms. The molecule has 1 aliphatic carbocycles. The van der Waals surface area contributed by atoms with Crippen LogP contribution >= 0.6 is 0 Å². The van der Waals surface area contributed by atoms with Crippen molar-refractivity contribution in [2.45, 2.75) is 25.4 Å². The molecule has 0 aromatic heterocycles. The average molecular weight is 280 g/mol. The maximum atomic E-state index is 12.9. The number of benzene rings is 1. The fraction of sp³-hybridized carbons (Fsp3) is 0.533. The minimum Gasteiger partial charge on any atom is -0.383 e. The highest BCUT2D eigenvalue weighted by Crippen LogP contribution is 2.28. The third-order valence-electron chi connectivity index (χ3n) is 3.33. The SMILES string of the molecule is COCCNCC(=O)N(Cc1ccc(F)cc1)C1CC1. The van der Waals surface area contributed by atoms with Gasteiger partial charge >= 0.3 is 0 Å². The molecule has 1 saturated carbocycles. The average Bonchev–Trinajstić information content (AvgIpc) is 3.27. The van der Waals surface area contributed by atoms with Gasteiger partial charge in [0, 0.05) is 26.2 Å². The summed E-state index contributed by atoms with van der Waals surface area (Å²) in [5.74, 6) is -0.160. The van der Waals surface area contributed by atoms with Crippen molar-refractivity contribution in [3.63, 3.8) is 0 Å². The van der Waals surface area contributed by atoms with Gasteiger partial charge in [-0.25, -0.2) is 4.39 Å². The van der Waals surface area contributed by atoms with E-state index >= 15 is 0 Å². The van der Waals surface area contributed by atoms with Crippen LogP contribution in [0.5, 0.6) is 0 Å². The first-order valence-corrected chi connectivity index (χ1v) is 6.94. The smallest absolute Gasteiger partial charge is 0.237 e. The van der Waals surface area contributed by atoms with Crippen LogP contribution in [0.25, 0.3) is 0 Å². The van der Waals surface area contributed by atoms with E-state index in [0.717, 1.165) is 18.4 Å². The van der Waals surface area contributed by atoms with Crippen molar-refractivity contribution < 1.29 is 13.9 Å². The summed E-state index contributed by atoms with van der Waals surface area (Å²) in [5, 5.41) is 3.07. The molecule has 0 bridgehead atoms. The van der Waals surface area contributed by atoms with Gasteiger partial charge in [-0.15, -0.1) is 0 Å². The van der Waals surface area contributed by atoms with Crippen molar-refractivity contribution in [3.8, 4) is 0 Å². The van der Waals surface area contributed by atoms with Crippen molar-refractivity contribution in [2.24, 2.45) is 0 Å². The van der Waals surface area contributed by atoms with Crippen molar-refractivity contribution in [1.82, 2.24) is 10.2 Å². The Hall–Kier alpha value is -1.46. The van der Waals surface area contributed by atoms with Gasteiger partial charge in [0.2, 0.25) is 5.91 Å². The zero-order chi connectivity index (χ0) is 14.4. The van der Waals surface area contributed by atoms with Gasteiger partial charge in [0.1, 0.15) is 5.82 Å². The minimum atomic E-state index is -0.251. The van der Waals surface area contributed by atoms with Crippen LogP contribution in [0.3, 0.4) is 0 Å². The summed E-state index contributed by atoms with van der Waals surface area (Å²) in [4.78, 5) is 14.1. The Morgan fingerprint density at radius 1 is 1.40 bits per heavy atom. The largest absolute Gasteiger partial charge is 0.383 e. The second-order valence-electron chi connectivity index (χ2n) is 5.05. The van der Waals surface area contributed by atoms with Gasteiger partial charge in [0.15, 0.2) is 0 Å². The number of rotatable bonds is 8. The summed E-state index contributed by atoms with van der Waals surface area (Å²) in [5.41, 5.74) is 0.962. The van der Waals surface area contributed by atoms with E-state index in [1.807, 2.05) is 4.90 Å². The number of hydrogen-bond donors (Lipinski definition) is 1. The Morgan fingerprint density at radius 3 is 2.70 bits per heavy atom. The van der Waals surface area contributed by atoms with E-state index in [-0.39, 0.29) is 11.7 Å². The molecule has 1 amide bonds. The van der Waals surface area contributed by atoms with E-state index in [1.54, 1.807) is 19.2 Å². The van der Waals surface area contributed by atoms with E-state index in [9.17, 15) is 9.18 Å². The van der Waals surface area contributed by atoms with Crippen molar-refractivity contribution in [1.29, 1.82) is 0 Å². The van der Waals surface area contributed by atoms with E-state index in [0.29, 0.717) is 32.3 Å². The first-order chi connectivity index (χ1) is 9.70. The molecule has 1 aromatic carbocycles. The summed E-state index contributed by atoms with van der Waals surface area (Å²) >= 11 is 0. The number of carbonyl (C=O) groups is 1. The molecule has 4 nitrogen and oxygen atoms in total. The molecular formula is C15H21FN2O2. The lowest BCUT2D eigenvalue weighted by Gasteiger charge is -2.23. The van der Waals surface area contributed by atoms with Gasteiger partial charge < -0.3 is 15.0 Å². The summed E-state index contributed by atoms with van der Waals surface area (Å²) in [6, 6.07) is 6.67. The molecule has 0 radical (unpaired) electrons. The van der Waals surface area contributed by atoms with E-state index in [2.05, 4.69) is 5.32 Å². The second kappa shape index (κ2) is 7.36. The number of amides is 1. The molecule has 5 heteroatoms. The van der Waals surface area contributed by atoms with Crippen LogP contribution in [-0.2, 0) is 16.1 Å². The highest BCUT2D eigenvalue weighted by Gasteiger charge is 2.32. The lowest BCUT2D eigenvalue weighted by molar-refractivity contribution is -0.131. The molecule has 0 aliphatic heterocycles. The number of methoxy groups -OCH3 is 1. The molecule has 0 unspecified atom stereocenters. The standard InChI is InChI=1S/C15H21FN2O2/c1-20-9-8-17-10-15(19)18(14-6-7-14)11-12-2-4-13(16)5-3-12/h2-5,14,17H,6-11H2,1H3. The van der Waals surface area contributed by atoms with Gasteiger partial charge in [-0.2, -0.15) is 0 Å². The fourth-order valence-corrected chi connectivity index (χ4v) is 2.06. The number of ether oxygens (including phenoxy) is 1. The second-order valence-corrected chi connectivity index (χ2v) is 5.05. The molecule has 0 atom stereocenters. The van der Waals surface area contributed by atoms with Crippen LogP contribution in [0.2, 0.25) is 0 Å². The number of halogens is 1. The summed E-state index contributed by atoms with van der Waals surface area (Å²) in [6.45, 7) is 2.13. The summed E-state index contributed by atoms with van der Waals surface area (Å²) in [6.07, 6.45) is 2.12. The third-order valence-corrected chi connectivity index (χ3v) is 3.33. The predicted molar refractivity (Wildman–Crippen MR) is 74.7 cm³/mol. The molecule has 1 aliphatic rings. The maximum Gasteiger partial charge on any atom is 0.237 e. The van der Waals surface area contributed by atoms with Gasteiger partial charge in [0.05, 0.1) is 13.2 Å². The Balaban J connectivity index is 1.86. The third kappa shape index (κ3) is 4.58. The number of carbonyl (C=O) groups excluding carboxylic acids is 1. The number of nitrogens with one attached hydrogen (secondary N) is 1. The van der Waals surface area contributed by atoms with Crippen LogP contribution in [0.1, 0.15) is 18.4 Å². The Bertz CT molecular complexity index is 432. The Labute approximate surface area is 118 Å². The fourth-order valence-electron chi connectivity index (χ4n) is 2.06. The molecule has 0 saturated heterocycles. The molecular weight excluding hydrogens is 259 g/mol. The lowest BCUT2D eigenvalue weighted by Crippen LogP contribution is -2.40. The van der Waals surface area contributed by atoms with Crippen LogP contribution in [0, 0.1) is 5.82 Å². The van der Waals surface area contributed by atoms with Gasteiger partial charge in [0.25, 0.3) is 0 Å². The molecule has 2 rings (SSSR count). The highest BCUT2D eigenvalue weighted by molar-refractivity contribution is 5.79. The zero-order valence-electron chi connectivity index (χ0n) is 11.8. The first-order valence-electron chi connectivity index (χ1n) is 6.94. The van der Waals surface area contributed by atoms with E-state index in [4.69, 9.17) is 4.74 Å². The molecule has 1 fully saturated rings. The topological polar surface area (TPSA) is 41.6 Å². The molecule has 110 valence electrons. The number of nitrogens with zero attached hydrogens (tertiary/aromatic N) is 1. The van der Waals surface area contributed by atoms with E-state index in [1.165, 1.54) is 12.1 Å². The monoisotopic (exact) mass is 280 g/mol. The minimum absolute atomic E-state index is 0.0907. The highest BCUT2D eigenvalue weighted by atomic mass is 19.1. The maximum absolute atomic E-state index is 12.9. The molecule has 0 heterocycles. The zero-order valence-corrected chi connectivity index (χ0v) is 11.8. The predicted octanol–water partition coefficient (Wildman–Crippen LogP) is 1.55. The Kier molecular flexibility index (Phi) is 5.49.